The molecule has 17 heavy (non-hydrogen) atoms. The average Bonchev–Trinajstić information content (AvgIpc) is 2.33. The van der Waals surface area contributed by atoms with Gasteiger partial charge in [0.05, 0.1) is 6.61 Å². The maximum absolute atomic E-state index is 5.84. The van der Waals surface area contributed by atoms with E-state index in [-0.39, 0.29) is 6.04 Å². The number of hydrogen-bond donors (Lipinski definition) is 1. The fourth-order valence-electron chi connectivity index (χ4n) is 1.76. The molecule has 0 unspecified atom stereocenters. The Bertz CT molecular complexity index is 290. The van der Waals surface area contributed by atoms with Crippen molar-refractivity contribution in [1.82, 2.24) is 9.88 Å². The molecule has 2 N–H and O–H groups in total. The minimum atomic E-state index is 0.198. The van der Waals surface area contributed by atoms with E-state index in [1.165, 1.54) is 5.56 Å². The van der Waals surface area contributed by atoms with Crippen LogP contribution >= 0.6 is 0 Å². The van der Waals surface area contributed by atoms with Gasteiger partial charge in [0, 0.05) is 45.2 Å². The van der Waals surface area contributed by atoms with E-state index >= 15 is 0 Å². The molecular formula is C13H23N3O. The molecule has 1 aromatic heterocycles. The number of methoxy groups -OCH3 is 1. The van der Waals surface area contributed by atoms with Crippen molar-refractivity contribution in [2.45, 2.75) is 19.4 Å². The molecule has 0 aromatic carbocycles. The van der Waals surface area contributed by atoms with Crippen LogP contribution in [0.3, 0.4) is 0 Å². The van der Waals surface area contributed by atoms with Crippen molar-refractivity contribution in [1.29, 1.82) is 0 Å². The van der Waals surface area contributed by atoms with Crippen LogP contribution < -0.4 is 5.73 Å². The van der Waals surface area contributed by atoms with E-state index in [0.29, 0.717) is 0 Å². The number of nitrogens with zero attached hydrogens (tertiary/aromatic N) is 2. The summed E-state index contributed by atoms with van der Waals surface area (Å²) in [6, 6.07) is 4.31. The molecule has 0 bridgehead atoms. The third-order valence-electron chi connectivity index (χ3n) is 2.62. The summed E-state index contributed by atoms with van der Waals surface area (Å²) in [5.74, 6) is 0. The largest absolute Gasteiger partial charge is 0.383 e. The first kappa shape index (κ1) is 14.1. The van der Waals surface area contributed by atoms with Gasteiger partial charge in [-0.25, -0.2) is 0 Å². The van der Waals surface area contributed by atoms with Gasteiger partial charge in [-0.1, -0.05) is 0 Å². The van der Waals surface area contributed by atoms with E-state index in [2.05, 4.69) is 22.0 Å². The quantitative estimate of drug-likeness (QED) is 0.730. The second kappa shape index (κ2) is 8.17. The van der Waals surface area contributed by atoms with Gasteiger partial charge in [-0.3, -0.25) is 9.88 Å². The molecule has 0 amide bonds. The molecule has 0 saturated carbocycles. The van der Waals surface area contributed by atoms with E-state index in [4.69, 9.17) is 10.5 Å². The second-order valence-corrected chi connectivity index (χ2v) is 4.38. The summed E-state index contributed by atoms with van der Waals surface area (Å²) in [4.78, 5) is 6.36. The molecule has 0 spiro atoms. The monoisotopic (exact) mass is 237 g/mol. The number of ether oxygens (including phenoxy) is 1. The molecule has 1 atom stereocenters. The summed E-state index contributed by atoms with van der Waals surface area (Å²) >= 11 is 0. The Hall–Kier alpha value is -0.970. The summed E-state index contributed by atoms with van der Waals surface area (Å²) in [6.45, 7) is 5.64. The van der Waals surface area contributed by atoms with Gasteiger partial charge in [0.25, 0.3) is 0 Å². The van der Waals surface area contributed by atoms with Gasteiger partial charge in [-0.05, 0) is 31.0 Å². The zero-order chi connectivity index (χ0) is 12.5. The fraction of sp³-hybridized carbons (Fsp3) is 0.615. The first-order valence-corrected chi connectivity index (χ1v) is 6.08. The molecule has 0 aliphatic carbocycles. The third kappa shape index (κ3) is 6.36. The van der Waals surface area contributed by atoms with Gasteiger partial charge in [0.2, 0.25) is 0 Å². The molecule has 0 fully saturated rings. The Kier molecular flexibility index (Phi) is 6.77. The van der Waals surface area contributed by atoms with Crippen molar-refractivity contribution in [3.8, 4) is 0 Å². The van der Waals surface area contributed by atoms with Crippen LogP contribution in [0.4, 0.5) is 0 Å². The Labute approximate surface area is 104 Å². The van der Waals surface area contributed by atoms with Crippen molar-refractivity contribution in [3.63, 3.8) is 0 Å². The zero-order valence-electron chi connectivity index (χ0n) is 10.8. The fourth-order valence-corrected chi connectivity index (χ4v) is 1.76. The molecule has 0 aliphatic rings. The summed E-state index contributed by atoms with van der Waals surface area (Å²) < 4.78 is 5.11. The first-order chi connectivity index (χ1) is 8.22. The molecule has 1 rings (SSSR count). The first-order valence-electron chi connectivity index (χ1n) is 6.08. The molecular weight excluding hydrogens is 214 g/mol. The Morgan fingerprint density at radius 2 is 2.06 bits per heavy atom. The van der Waals surface area contributed by atoms with Crippen LogP contribution in [0.1, 0.15) is 12.5 Å². The van der Waals surface area contributed by atoms with Crippen molar-refractivity contribution >= 4 is 0 Å². The third-order valence-corrected chi connectivity index (χ3v) is 2.62. The van der Waals surface area contributed by atoms with Crippen LogP contribution in [-0.2, 0) is 11.2 Å². The Morgan fingerprint density at radius 1 is 1.35 bits per heavy atom. The molecule has 96 valence electrons. The minimum Gasteiger partial charge on any atom is -0.383 e. The van der Waals surface area contributed by atoms with Gasteiger partial charge in [0.1, 0.15) is 0 Å². The standard InChI is InChI=1S/C13H23N3O/c1-12(14)11-16(9-10-17-2)8-5-13-3-6-15-7-4-13/h3-4,6-7,12H,5,8-11,14H2,1-2H3/t12-/m1/s1. The summed E-state index contributed by atoms with van der Waals surface area (Å²) in [7, 11) is 1.73. The predicted molar refractivity (Wildman–Crippen MR) is 69.9 cm³/mol. The summed E-state index contributed by atoms with van der Waals surface area (Å²) in [6.07, 6.45) is 4.69. The lowest BCUT2D eigenvalue weighted by molar-refractivity contribution is 0.145. The van der Waals surface area contributed by atoms with Crippen LogP contribution in [0.15, 0.2) is 24.5 Å². The van der Waals surface area contributed by atoms with E-state index in [1.807, 2.05) is 19.3 Å². The van der Waals surface area contributed by atoms with Crippen LogP contribution in [0.2, 0.25) is 0 Å². The lowest BCUT2D eigenvalue weighted by Crippen LogP contribution is -2.38. The molecule has 1 aromatic rings. The lowest BCUT2D eigenvalue weighted by Gasteiger charge is -2.23. The van der Waals surface area contributed by atoms with Crippen molar-refractivity contribution in [3.05, 3.63) is 30.1 Å². The zero-order valence-corrected chi connectivity index (χ0v) is 10.8. The average molecular weight is 237 g/mol. The van der Waals surface area contributed by atoms with E-state index < -0.39 is 0 Å². The molecule has 4 nitrogen and oxygen atoms in total. The highest BCUT2D eigenvalue weighted by Crippen LogP contribution is 2.00. The number of rotatable bonds is 8. The van der Waals surface area contributed by atoms with Gasteiger partial charge in [-0.2, -0.15) is 0 Å². The van der Waals surface area contributed by atoms with Crippen molar-refractivity contribution < 1.29 is 4.74 Å². The Balaban J connectivity index is 2.37. The van der Waals surface area contributed by atoms with Crippen LogP contribution in [0.5, 0.6) is 0 Å². The van der Waals surface area contributed by atoms with Crippen molar-refractivity contribution in [2.24, 2.45) is 5.73 Å². The van der Waals surface area contributed by atoms with Crippen molar-refractivity contribution in [2.75, 3.05) is 33.4 Å². The molecule has 1 heterocycles. The van der Waals surface area contributed by atoms with Gasteiger partial charge >= 0.3 is 0 Å². The van der Waals surface area contributed by atoms with Gasteiger partial charge < -0.3 is 10.5 Å². The maximum atomic E-state index is 5.84. The number of hydrogen-bond acceptors (Lipinski definition) is 4. The molecule has 4 heteroatoms. The highest BCUT2D eigenvalue weighted by molar-refractivity contribution is 5.09. The molecule has 0 aliphatic heterocycles. The molecule has 0 saturated heterocycles. The number of nitrogens with two attached hydrogens (primary N) is 1. The lowest BCUT2D eigenvalue weighted by atomic mass is 10.2. The second-order valence-electron chi connectivity index (χ2n) is 4.38. The van der Waals surface area contributed by atoms with Crippen LogP contribution in [0, 0.1) is 0 Å². The minimum absolute atomic E-state index is 0.198. The summed E-state index contributed by atoms with van der Waals surface area (Å²) in [5.41, 5.74) is 7.15. The smallest absolute Gasteiger partial charge is 0.0589 e. The highest BCUT2D eigenvalue weighted by atomic mass is 16.5. The number of pyridine rings is 1. The van der Waals surface area contributed by atoms with Gasteiger partial charge in [0.15, 0.2) is 0 Å². The summed E-state index contributed by atoms with van der Waals surface area (Å²) in [5, 5.41) is 0. The predicted octanol–water partition coefficient (Wildman–Crippen LogP) is 0.920. The van der Waals surface area contributed by atoms with E-state index in [0.717, 1.165) is 32.7 Å². The topological polar surface area (TPSA) is 51.4 Å². The number of aromatic nitrogens is 1. The van der Waals surface area contributed by atoms with Gasteiger partial charge in [-0.15, -0.1) is 0 Å². The van der Waals surface area contributed by atoms with Crippen LogP contribution in [0.25, 0.3) is 0 Å². The van der Waals surface area contributed by atoms with E-state index in [1.54, 1.807) is 7.11 Å². The van der Waals surface area contributed by atoms with E-state index in [9.17, 15) is 0 Å². The van der Waals surface area contributed by atoms with Crippen LogP contribution in [-0.4, -0.2) is 49.3 Å². The highest BCUT2D eigenvalue weighted by Gasteiger charge is 2.07. The maximum Gasteiger partial charge on any atom is 0.0589 e. The Morgan fingerprint density at radius 3 is 2.65 bits per heavy atom. The molecule has 0 radical (unpaired) electrons. The normalized spacial score (nSPS) is 12.9. The SMILES string of the molecule is COCCN(CCc1ccncc1)C[C@@H](C)N.